The first kappa shape index (κ1) is 16.9. The molecule has 27 heavy (non-hydrogen) atoms. The Bertz CT molecular complexity index is 1150. The molecule has 0 unspecified atom stereocenters. The molecule has 0 fully saturated rings. The minimum atomic E-state index is -0.197. The number of nitrogens with one attached hydrogen (secondary N) is 1. The number of carbonyl (C=O) groups is 1. The first-order valence-corrected chi connectivity index (χ1v) is 8.69. The molecule has 4 aromatic rings. The third-order valence-electron chi connectivity index (χ3n) is 4.47. The van der Waals surface area contributed by atoms with Gasteiger partial charge in [0.15, 0.2) is 5.65 Å². The van der Waals surface area contributed by atoms with Gasteiger partial charge in [-0.25, -0.2) is 9.67 Å². The third-order valence-corrected chi connectivity index (χ3v) is 4.47. The van der Waals surface area contributed by atoms with Gasteiger partial charge in [-0.3, -0.25) is 9.78 Å². The van der Waals surface area contributed by atoms with Crippen LogP contribution in [0.3, 0.4) is 0 Å². The van der Waals surface area contributed by atoms with Crippen LogP contribution in [0.1, 0.15) is 27.3 Å². The van der Waals surface area contributed by atoms with Crippen molar-refractivity contribution in [3.63, 3.8) is 0 Å². The number of aryl methyl sites for hydroxylation is 3. The SMILES string of the molecule is Cc1cc(C(=O)Nc2cnccc2C)c2c(C)nn(-c3ccccc3)c2n1. The molecule has 6 nitrogen and oxygen atoms in total. The Morgan fingerprint density at radius 2 is 1.85 bits per heavy atom. The number of pyridine rings is 2. The second-order valence-electron chi connectivity index (χ2n) is 6.49. The molecule has 0 saturated heterocycles. The number of nitrogens with zero attached hydrogens (tertiary/aromatic N) is 4. The maximum absolute atomic E-state index is 13.0. The van der Waals surface area contributed by atoms with Gasteiger partial charge in [0.1, 0.15) is 0 Å². The molecule has 3 heterocycles. The lowest BCUT2D eigenvalue weighted by Gasteiger charge is -2.10. The highest BCUT2D eigenvalue weighted by Gasteiger charge is 2.20. The standard InChI is InChI=1S/C21H19N5O/c1-13-9-10-22-12-18(13)24-21(27)17-11-14(2)23-20-19(17)15(3)25-26(20)16-7-5-4-6-8-16/h4-12H,1-3H3,(H,24,27). The van der Waals surface area contributed by atoms with Crippen LogP contribution in [-0.2, 0) is 0 Å². The van der Waals surface area contributed by atoms with Crippen molar-refractivity contribution in [2.24, 2.45) is 0 Å². The maximum Gasteiger partial charge on any atom is 0.256 e. The summed E-state index contributed by atoms with van der Waals surface area (Å²) >= 11 is 0. The molecule has 0 saturated carbocycles. The van der Waals surface area contributed by atoms with Crippen LogP contribution in [0, 0.1) is 20.8 Å². The fourth-order valence-electron chi connectivity index (χ4n) is 3.13. The topological polar surface area (TPSA) is 72.7 Å². The van der Waals surface area contributed by atoms with E-state index in [-0.39, 0.29) is 5.91 Å². The van der Waals surface area contributed by atoms with E-state index in [0.29, 0.717) is 16.9 Å². The smallest absolute Gasteiger partial charge is 0.256 e. The molecule has 1 aromatic carbocycles. The number of hydrogen-bond acceptors (Lipinski definition) is 4. The van der Waals surface area contributed by atoms with Crippen LogP contribution in [0.15, 0.2) is 54.9 Å². The zero-order chi connectivity index (χ0) is 19.0. The lowest BCUT2D eigenvalue weighted by molar-refractivity contribution is 0.102. The molecule has 0 aliphatic carbocycles. The summed E-state index contributed by atoms with van der Waals surface area (Å²) < 4.78 is 1.78. The van der Waals surface area contributed by atoms with Crippen LogP contribution in [0.5, 0.6) is 0 Å². The van der Waals surface area contributed by atoms with Gasteiger partial charge >= 0.3 is 0 Å². The van der Waals surface area contributed by atoms with Gasteiger partial charge in [-0.15, -0.1) is 0 Å². The van der Waals surface area contributed by atoms with E-state index in [1.165, 1.54) is 0 Å². The normalized spacial score (nSPS) is 10.9. The van der Waals surface area contributed by atoms with Crippen LogP contribution in [-0.4, -0.2) is 25.7 Å². The number of anilines is 1. The van der Waals surface area contributed by atoms with Crippen molar-refractivity contribution in [3.8, 4) is 5.69 Å². The summed E-state index contributed by atoms with van der Waals surface area (Å²) in [6, 6.07) is 13.5. The van der Waals surface area contributed by atoms with Gasteiger partial charge in [-0.1, -0.05) is 18.2 Å². The van der Waals surface area contributed by atoms with Crippen LogP contribution < -0.4 is 5.32 Å². The zero-order valence-electron chi connectivity index (χ0n) is 15.4. The third kappa shape index (κ3) is 3.06. The highest BCUT2D eigenvalue weighted by Crippen LogP contribution is 2.26. The predicted molar refractivity (Wildman–Crippen MR) is 105 cm³/mol. The first-order valence-electron chi connectivity index (χ1n) is 8.69. The van der Waals surface area contributed by atoms with Crippen molar-refractivity contribution in [3.05, 3.63) is 77.4 Å². The Hall–Kier alpha value is -3.54. The second kappa shape index (κ2) is 6.64. The Kier molecular flexibility index (Phi) is 4.16. The maximum atomic E-state index is 13.0. The summed E-state index contributed by atoms with van der Waals surface area (Å²) in [4.78, 5) is 21.8. The highest BCUT2D eigenvalue weighted by atomic mass is 16.1. The summed E-state index contributed by atoms with van der Waals surface area (Å²) in [5.74, 6) is -0.197. The summed E-state index contributed by atoms with van der Waals surface area (Å²) in [5.41, 5.74) is 5.30. The van der Waals surface area contributed by atoms with E-state index in [1.54, 1.807) is 23.1 Å². The summed E-state index contributed by atoms with van der Waals surface area (Å²) in [7, 11) is 0. The Balaban J connectivity index is 1.85. The van der Waals surface area contributed by atoms with Crippen LogP contribution in [0.2, 0.25) is 0 Å². The Morgan fingerprint density at radius 3 is 2.59 bits per heavy atom. The molecule has 0 radical (unpaired) electrons. The molecule has 0 bridgehead atoms. The summed E-state index contributed by atoms with van der Waals surface area (Å²) in [5, 5.41) is 8.34. The molecule has 0 atom stereocenters. The largest absolute Gasteiger partial charge is 0.320 e. The van der Waals surface area contributed by atoms with Crippen molar-refractivity contribution in [1.82, 2.24) is 19.7 Å². The number of para-hydroxylation sites is 1. The minimum Gasteiger partial charge on any atom is -0.320 e. The summed E-state index contributed by atoms with van der Waals surface area (Å²) in [6.07, 6.45) is 3.35. The van der Waals surface area contributed by atoms with E-state index in [0.717, 1.165) is 28.0 Å². The number of carbonyl (C=O) groups excluding carboxylic acids is 1. The van der Waals surface area contributed by atoms with Gasteiger partial charge in [0, 0.05) is 11.9 Å². The number of hydrogen-bond donors (Lipinski definition) is 1. The van der Waals surface area contributed by atoms with E-state index < -0.39 is 0 Å². The molecular weight excluding hydrogens is 338 g/mol. The second-order valence-corrected chi connectivity index (χ2v) is 6.49. The van der Waals surface area contributed by atoms with Crippen molar-refractivity contribution >= 4 is 22.6 Å². The van der Waals surface area contributed by atoms with Crippen LogP contribution >= 0.6 is 0 Å². The fourth-order valence-corrected chi connectivity index (χ4v) is 3.13. The Labute approximate surface area is 156 Å². The molecule has 3 aromatic heterocycles. The average molecular weight is 357 g/mol. The average Bonchev–Trinajstić information content (AvgIpc) is 3.00. The first-order chi connectivity index (χ1) is 13.0. The van der Waals surface area contributed by atoms with Crippen LogP contribution in [0.25, 0.3) is 16.7 Å². The molecule has 0 spiro atoms. The molecule has 6 heteroatoms. The highest BCUT2D eigenvalue weighted by molar-refractivity contribution is 6.13. The van der Waals surface area contributed by atoms with Crippen molar-refractivity contribution < 1.29 is 4.79 Å². The van der Waals surface area contributed by atoms with E-state index in [2.05, 4.69) is 20.4 Å². The molecule has 1 N–H and O–H groups in total. The van der Waals surface area contributed by atoms with Gasteiger partial charge in [0.2, 0.25) is 0 Å². The zero-order valence-corrected chi connectivity index (χ0v) is 15.4. The molecule has 0 aliphatic rings. The van der Waals surface area contributed by atoms with Crippen molar-refractivity contribution in [1.29, 1.82) is 0 Å². The van der Waals surface area contributed by atoms with Crippen molar-refractivity contribution in [2.45, 2.75) is 20.8 Å². The van der Waals surface area contributed by atoms with Gasteiger partial charge in [0.25, 0.3) is 5.91 Å². The Morgan fingerprint density at radius 1 is 1.07 bits per heavy atom. The quantitative estimate of drug-likeness (QED) is 0.602. The van der Waals surface area contributed by atoms with Gasteiger partial charge < -0.3 is 5.32 Å². The van der Waals surface area contributed by atoms with E-state index in [1.807, 2.05) is 57.2 Å². The molecule has 1 amide bonds. The molecular formula is C21H19N5O. The molecule has 0 aliphatic heterocycles. The monoisotopic (exact) mass is 357 g/mol. The number of aromatic nitrogens is 4. The minimum absolute atomic E-state index is 0.197. The van der Waals surface area contributed by atoms with Gasteiger partial charge in [-0.05, 0) is 50.6 Å². The number of rotatable bonds is 3. The fraction of sp³-hybridized carbons (Fsp3) is 0.143. The van der Waals surface area contributed by atoms with Gasteiger partial charge in [0.05, 0.1) is 34.2 Å². The van der Waals surface area contributed by atoms with Crippen LogP contribution in [0.4, 0.5) is 5.69 Å². The predicted octanol–water partition coefficient (Wildman–Crippen LogP) is 3.99. The molecule has 4 rings (SSSR count). The van der Waals surface area contributed by atoms with Gasteiger partial charge in [-0.2, -0.15) is 5.10 Å². The number of amides is 1. The van der Waals surface area contributed by atoms with Crippen molar-refractivity contribution in [2.75, 3.05) is 5.32 Å². The summed E-state index contributed by atoms with van der Waals surface area (Å²) in [6.45, 7) is 5.71. The lowest BCUT2D eigenvalue weighted by Crippen LogP contribution is -2.14. The number of fused-ring (bicyclic) bond motifs is 1. The lowest BCUT2D eigenvalue weighted by atomic mass is 10.1. The molecule has 134 valence electrons. The van der Waals surface area contributed by atoms with E-state index in [4.69, 9.17) is 0 Å². The number of benzene rings is 1. The van der Waals surface area contributed by atoms with E-state index in [9.17, 15) is 4.79 Å². The van der Waals surface area contributed by atoms with E-state index >= 15 is 0 Å².